The molecule has 2 aromatic rings. The fourth-order valence-corrected chi connectivity index (χ4v) is 1.60. The summed E-state index contributed by atoms with van der Waals surface area (Å²) in [5.41, 5.74) is 7.02. The van der Waals surface area contributed by atoms with Gasteiger partial charge >= 0.3 is 0 Å². The Morgan fingerprint density at radius 3 is 2.53 bits per heavy atom. The quantitative estimate of drug-likeness (QED) is 0.673. The van der Waals surface area contributed by atoms with Gasteiger partial charge in [-0.15, -0.1) is 0 Å². The van der Waals surface area contributed by atoms with Crippen molar-refractivity contribution < 1.29 is 9.21 Å². The summed E-state index contributed by atoms with van der Waals surface area (Å²) < 4.78 is 5.56. The molecule has 19 heavy (non-hydrogen) atoms. The molecule has 1 heterocycles. The number of carbonyl (C=O) groups is 1. The van der Waals surface area contributed by atoms with E-state index in [2.05, 4.69) is 0 Å². The van der Waals surface area contributed by atoms with Gasteiger partial charge in [0.05, 0.1) is 0 Å². The first kappa shape index (κ1) is 12.7. The average Bonchev–Trinajstić information content (AvgIpc) is 2.85. The Morgan fingerprint density at radius 2 is 1.95 bits per heavy atom. The van der Waals surface area contributed by atoms with Gasteiger partial charge in [0.15, 0.2) is 0 Å². The van der Waals surface area contributed by atoms with Crippen LogP contribution in [-0.2, 0) is 4.79 Å². The van der Waals surface area contributed by atoms with E-state index in [9.17, 15) is 4.79 Å². The zero-order valence-electron chi connectivity index (χ0n) is 10.4. The molecule has 2 rings (SSSR count). The summed E-state index contributed by atoms with van der Waals surface area (Å²) in [6.07, 6.45) is 1.33. The van der Waals surface area contributed by atoms with Crippen LogP contribution in [0.25, 0.3) is 17.4 Å². The fourth-order valence-electron chi connectivity index (χ4n) is 1.60. The summed E-state index contributed by atoms with van der Waals surface area (Å²) in [6, 6.07) is 13.1. The molecule has 2 N–H and O–H groups in total. The second kappa shape index (κ2) is 5.23. The molecule has 4 nitrogen and oxygen atoms in total. The van der Waals surface area contributed by atoms with Crippen molar-refractivity contribution in [3.8, 4) is 17.4 Å². The number of hydrogen-bond donors (Lipinski definition) is 1. The average molecular weight is 252 g/mol. The van der Waals surface area contributed by atoms with E-state index >= 15 is 0 Å². The van der Waals surface area contributed by atoms with Gasteiger partial charge in [0.1, 0.15) is 23.2 Å². The lowest BCUT2D eigenvalue weighted by molar-refractivity contribution is -0.114. The zero-order valence-corrected chi connectivity index (χ0v) is 10.4. The van der Waals surface area contributed by atoms with Crippen molar-refractivity contribution >= 4 is 12.0 Å². The Balaban J connectivity index is 2.32. The third-order valence-electron chi connectivity index (χ3n) is 2.64. The van der Waals surface area contributed by atoms with Crippen LogP contribution in [0.15, 0.2) is 46.4 Å². The fraction of sp³-hybridized carbons (Fsp3) is 0.0667. The maximum atomic E-state index is 10.9. The summed E-state index contributed by atoms with van der Waals surface area (Å²) in [5.74, 6) is 0.328. The maximum Gasteiger partial charge on any atom is 0.259 e. The van der Waals surface area contributed by atoms with Gasteiger partial charge in [0.25, 0.3) is 5.91 Å². The van der Waals surface area contributed by atoms with Crippen molar-refractivity contribution in [2.24, 2.45) is 5.73 Å². The van der Waals surface area contributed by atoms with Crippen molar-refractivity contribution in [2.45, 2.75) is 6.92 Å². The molecule has 1 aromatic heterocycles. The number of amides is 1. The second-order valence-corrected chi connectivity index (χ2v) is 4.10. The van der Waals surface area contributed by atoms with Crippen molar-refractivity contribution in [1.29, 1.82) is 5.26 Å². The molecule has 0 aliphatic carbocycles. The zero-order chi connectivity index (χ0) is 13.8. The van der Waals surface area contributed by atoms with E-state index in [1.807, 2.05) is 31.2 Å². The topological polar surface area (TPSA) is 80.0 Å². The molecule has 0 aliphatic heterocycles. The summed E-state index contributed by atoms with van der Waals surface area (Å²) in [5, 5.41) is 8.75. The number of nitrogens with zero attached hydrogens (tertiary/aromatic N) is 1. The number of rotatable bonds is 3. The molecule has 94 valence electrons. The minimum atomic E-state index is -0.768. The minimum Gasteiger partial charge on any atom is -0.457 e. The summed E-state index contributed by atoms with van der Waals surface area (Å²) in [6.45, 7) is 2.01. The molecule has 0 unspecified atom stereocenters. The van der Waals surface area contributed by atoms with Gasteiger partial charge in [-0.1, -0.05) is 29.8 Å². The molecule has 4 heteroatoms. The van der Waals surface area contributed by atoms with E-state index in [-0.39, 0.29) is 5.57 Å². The summed E-state index contributed by atoms with van der Waals surface area (Å²) in [7, 11) is 0. The van der Waals surface area contributed by atoms with Gasteiger partial charge in [-0.05, 0) is 19.1 Å². The molecule has 0 atom stereocenters. The minimum absolute atomic E-state index is 0.134. The Morgan fingerprint density at radius 1 is 1.26 bits per heavy atom. The van der Waals surface area contributed by atoms with Crippen LogP contribution in [-0.4, -0.2) is 5.91 Å². The molecule has 0 spiro atoms. The van der Waals surface area contributed by atoms with Crippen molar-refractivity contribution in [2.75, 3.05) is 0 Å². The van der Waals surface area contributed by atoms with E-state index < -0.39 is 5.91 Å². The van der Waals surface area contributed by atoms with E-state index in [1.54, 1.807) is 18.2 Å². The number of benzene rings is 1. The monoisotopic (exact) mass is 252 g/mol. The summed E-state index contributed by atoms with van der Waals surface area (Å²) >= 11 is 0. The van der Waals surface area contributed by atoms with E-state index in [4.69, 9.17) is 15.4 Å². The lowest BCUT2D eigenvalue weighted by Gasteiger charge is -1.97. The van der Waals surface area contributed by atoms with Crippen LogP contribution in [0.2, 0.25) is 0 Å². The van der Waals surface area contributed by atoms with Gasteiger partial charge in [0, 0.05) is 11.6 Å². The number of hydrogen-bond acceptors (Lipinski definition) is 3. The maximum absolute atomic E-state index is 10.9. The van der Waals surface area contributed by atoms with Crippen LogP contribution in [0.4, 0.5) is 0 Å². The molecule has 0 fully saturated rings. The number of nitriles is 1. The van der Waals surface area contributed by atoms with Gasteiger partial charge < -0.3 is 10.2 Å². The van der Waals surface area contributed by atoms with Gasteiger partial charge in [-0.2, -0.15) is 5.26 Å². The highest BCUT2D eigenvalue weighted by Gasteiger charge is 2.07. The molecule has 1 amide bonds. The number of furan rings is 1. The number of aryl methyl sites for hydroxylation is 1. The standard InChI is InChI=1S/C15H12N2O2/c1-10-2-4-11(5-3-10)14-7-6-13(19-14)8-12(9-16)15(17)18/h2-8H,1H3,(H2,17,18). The lowest BCUT2D eigenvalue weighted by Crippen LogP contribution is -2.12. The van der Waals surface area contributed by atoms with Gasteiger partial charge in [-0.25, -0.2) is 0 Å². The molecule has 0 saturated heterocycles. The molecule has 0 aliphatic rings. The van der Waals surface area contributed by atoms with E-state index in [0.717, 1.165) is 11.1 Å². The molecular formula is C15H12N2O2. The highest BCUT2D eigenvalue weighted by molar-refractivity contribution is 6.00. The number of carbonyl (C=O) groups excluding carboxylic acids is 1. The highest BCUT2D eigenvalue weighted by Crippen LogP contribution is 2.23. The molecule has 0 saturated carbocycles. The number of primary amides is 1. The van der Waals surface area contributed by atoms with Crippen molar-refractivity contribution in [3.05, 3.63) is 53.3 Å². The van der Waals surface area contributed by atoms with Crippen LogP contribution in [0.1, 0.15) is 11.3 Å². The first-order valence-electron chi connectivity index (χ1n) is 5.68. The smallest absolute Gasteiger partial charge is 0.259 e. The third kappa shape index (κ3) is 2.90. The Bertz CT molecular complexity index is 673. The van der Waals surface area contributed by atoms with Gasteiger partial charge in [-0.3, -0.25) is 4.79 Å². The molecule has 1 aromatic carbocycles. The molecule has 0 bridgehead atoms. The molecular weight excluding hydrogens is 240 g/mol. The lowest BCUT2D eigenvalue weighted by atomic mass is 10.1. The largest absolute Gasteiger partial charge is 0.457 e. The first-order chi connectivity index (χ1) is 9.10. The predicted molar refractivity (Wildman–Crippen MR) is 71.7 cm³/mol. The molecule has 0 radical (unpaired) electrons. The van der Waals surface area contributed by atoms with Crippen LogP contribution in [0.3, 0.4) is 0 Å². The normalized spacial score (nSPS) is 11.1. The van der Waals surface area contributed by atoms with E-state index in [0.29, 0.717) is 11.5 Å². The Hall–Kier alpha value is -2.80. The van der Waals surface area contributed by atoms with Crippen LogP contribution in [0, 0.1) is 18.3 Å². The Labute approximate surface area is 110 Å². The second-order valence-electron chi connectivity index (χ2n) is 4.10. The van der Waals surface area contributed by atoms with E-state index in [1.165, 1.54) is 6.08 Å². The van der Waals surface area contributed by atoms with Crippen molar-refractivity contribution in [1.82, 2.24) is 0 Å². The first-order valence-corrected chi connectivity index (χ1v) is 5.68. The van der Waals surface area contributed by atoms with Crippen molar-refractivity contribution in [3.63, 3.8) is 0 Å². The predicted octanol–water partition coefficient (Wildman–Crippen LogP) is 2.65. The van der Waals surface area contributed by atoms with Crippen LogP contribution >= 0.6 is 0 Å². The third-order valence-corrected chi connectivity index (χ3v) is 2.64. The SMILES string of the molecule is Cc1ccc(-c2ccc(C=C(C#N)C(N)=O)o2)cc1. The van der Waals surface area contributed by atoms with Crippen LogP contribution < -0.4 is 5.73 Å². The Kier molecular flexibility index (Phi) is 3.48. The highest BCUT2D eigenvalue weighted by atomic mass is 16.3. The number of nitrogens with two attached hydrogens (primary N) is 1. The van der Waals surface area contributed by atoms with Crippen LogP contribution in [0.5, 0.6) is 0 Å². The van der Waals surface area contributed by atoms with Gasteiger partial charge in [0.2, 0.25) is 0 Å². The summed E-state index contributed by atoms with van der Waals surface area (Å²) in [4.78, 5) is 10.9.